The summed E-state index contributed by atoms with van der Waals surface area (Å²) in [5.74, 6) is 3.24. The Kier molecular flexibility index (Phi) is 5.54. The SMILES string of the molecule is CCCC[C@H]1CC[C@H](C2CCCC(C#N)C2)CC1. The average Bonchev–Trinajstić information content (AvgIpc) is 2.46. The molecule has 2 unspecified atom stereocenters. The maximum absolute atomic E-state index is 9.10. The summed E-state index contributed by atoms with van der Waals surface area (Å²) in [7, 11) is 0. The van der Waals surface area contributed by atoms with Crippen LogP contribution >= 0.6 is 0 Å². The van der Waals surface area contributed by atoms with Crippen LogP contribution in [0.4, 0.5) is 0 Å². The van der Waals surface area contributed by atoms with Crippen molar-refractivity contribution in [2.75, 3.05) is 0 Å². The smallest absolute Gasteiger partial charge is 0.0655 e. The van der Waals surface area contributed by atoms with Crippen LogP contribution in [0.15, 0.2) is 0 Å². The Morgan fingerprint density at radius 1 is 1.00 bits per heavy atom. The molecule has 2 aliphatic rings. The largest absolute Gasteiger partial charge is 0.198 e. The zero-order valence-electron chi connectivity index (χ0n) is 12.0. The summed E-state index contributed by atoms with van der Waals surface area (Å²) in [5.41, 5.74) is 0. The summed E-state index contributed by atoms with van der Waals surface area (Å²) in [6, 6.07) is 2.51. The Labute approximate surface area is 113 Å². The molecular formula is C17H29N. The maximum Gasteiger partial charge on any atom is 0.0655 e. The number of hydrogen-bond acceptors (Lipinski definition) is 1. The second-order valence-corrected chi connectivity index (χ2v) is 6.68. The van der Waals surface area contributed by atoms with Crippen molar-refractivity contribution < 1.29 is 0 Å². The first kappa shape index (κ1) is 13.9. The lowest BCUT2D eigenvalue weighted by atomic mass is 9.68. The van der Waals surface area contributed by atoms with Gasteiger partial charge in [0.15, 0.2) is 0 Å². The normalized spacial score (nSPS) is 37.1. The van der Waals surface area contributed by atoms with Crippen molar-refractivity contribution in [1.29, 1.82) is 5.26 Å². The summed E-state index contributed by atoms with van der Waals surface area (Å²) >= 11 is 0. The van der Waals surface area contributed by atoms with E-state index in [1.807, 2.05) is 0 Å². The lowest BCUT2D eigenvalue weighted by molar-refractivity contribution is 0.149. The minimum atomic E-state index is 0.376. The van der Waals surface area contributed by atoms with Crippen molar-refractivity contribution >= 4 is 0 Å². The van der Waals surface area contributed by atoms with Gasteiger partial charge >= 0.3 is 0 Å². The number of hydrogen-bond donors (Lipinski definition) is 0. The van der Waals surface area contributed by atoms with Gasteiger partial charge in [0.1, 0.15) is 0 Å². The Morgan fingerprint density at radius 2 is 1.78 bits per heavy atom. The van der Waals surface area contributed by atoms with Gasteiger partial charge < -0.3 is 0 Å². The summed E-state index contributed by atoms with van der Waals surface area (Å²) in [6.07, 6.45) is 15.2. The molecule has 0 aliphatic heterocycles. The van der Waals surface area contributed by atoms with Gasteiger partial charge in [-0.15, -0.1) is 0 Å². The van der Waals surface area contributed by atoms with Crippen molar-refractivity contribution in [3.63, 3.8) is 0 Å². The molecule has 1 heteroatoms. The Balaban J connectivity index is 1.74. The van der Waals surface area contributed by atoms with E-state index in [9.17, 15) is 0 Å². The van der Waals surface area contributed by atoms with Crippen LogP contribution in [-0.4, -0.2) is 0 Å². The van der Waals surface area contributed by atoms with Crippen LogP contribution in [-0.2, 0) is 0 Å². The van der Waals surface area contributed by atoms with Gasteiger partial charge in [0.05, 0.1) is 6.07 Å². The third-order valence-electron chi connectivity index (χ3n) is 5.42. The predicted molar refractivity (Wildman–Crippen MR) is 76.0 cm³/mol. The molecule has 18 heavy (non-hydrogen) atoms. The third kappa shape index (κ3) is 3.74. The highest BCUT2D eigenvalue weighted by Gasteiger charge is 2.31. The van der Waals surface area contributed by atoms with Gasteiger partial charge in [-0.1, -0.05) is 51.9 Å². The zero-order chi connectivity index (χ0) is 12.8. The predicted octanol–water partition coefficient (Wildman–Crippen LogP) is 5.31. The summed E-state index contributed by atoms with van der Waals surface area (Å²) in [5, 5.41) is 9.10. The Bertz CT molecular complexity index is 270. The molecule has 0 radical (unpaired) electrons. The lowest BCUT2D eigenvalue weighted by Gasteiger charge is -2.37. The highest BCUT2D eigenvalue weighted by molar-refractivity contribution is 4.90. The van der Waals surface area contributed by atoms with Gasteiger partial charge in [-0.3, -0.25) is 0 Å². The van der Waals surface area contributed by atoms with Gasteiger partial charge in [-0.05, 0) is 43.4 Å². The molecule has 2 saturated carbocycles. The Hall–Kier alpha value is -0.510. The minimum Gasteiger partial charge on any atom is -0.198 e. The molecule has 0 N–H and O–H groups in total. The maximum atomic E-state index is 9.10. The molecule has 0 amide bonds. The molecule has 102 valence electrons. The molecule has 0 aromatic heterocycles. The zero-order valence-corrected chi connectivity index (χ0v) is 12.0. The monoisotopic (exact) mass is 247 g/mol. The van der Waals surface area contributed by atoms with E-state index in [4.69, 9.17) is 5.26 Å². The fourth-order valence-corrected chi connectivity index (χ4v) is 4.21. The summed E-state index contributed by atoms with van der Waals surface area (Å²) in [6.45, 7) is 2.30. The molecular weight excluding hydrogens is 218 g/mol. The molecule has 0 spiro atoms. The van der Waals surface area contributed by atoms with Crippen LogP contribution in [0, 0.1) is 35.0 Å². The van der Waals surface area contributed by atoms with Crippen LogP contribution in [0.5, 0.6) is 0 Å². The second-order valence-electron chi connectivity index (χ2n) is 6.68. The Morgan fingerprint density at radius 3 is 2.44 bits per heavy atom. The third-order valence-corrected chi connectivity index (χ3v) is 5.42. The number of nitriles is 1. The molecule has 2 rings (SSSR count). The van der Waals surface area contributed by atoms with E-state index in [2.05, 4.69) is 13.0 Å². The lowest BCUT2D eigenvalue weighted by Crippen LogP contribution is -2.26. The van der Waals surface area contributed by atoms with Crippen LogP contribution in [0.25, 0.3) is 0 Å². The van der Waals surface area contributed by atoms with E-state index in [0.717, 1.165) is 17.8 Å². The fourth-order valence-electron chi connectivity index (χ4n) is 4.21. The molecule has 0 bridgehead atoms. The topological polar surface area (TPSA) is 23.8 Å². The van der Waals surface area contributed by atoms with Crippen molar-refractivity contribution in [3.8, 4) is 6.07 Å². The fraction of sp³-hybridized carbons (Fsp3) is 0.941. The van der Waals surface area contributed by atoms with Crippen molar-refractivity contribution in [2.24, 2.45) is 23.7 Å². The molecule has 0 heterocycles. The van der Waals surface area contributed by atoms with Crippen molar-refractivity contribution in [2.45, 2.75) is 77.6 Å². The van der Waals surface area contributed by atoms with Gasteiger partial charge in [0, 0.05) is 5.92 Å². The van der Waals surface area contributed by atoms with Crippen molar-refractivity contribution in [1.82, 2.24) is 0 Å². The van der Waals surface area contributed by atoms with Gasteiger partial charge in [-0.25, -0.2) is 0 Å². The van der Waals surface area contributed by atoms with E-state index < -0.39 is 0 Å². The quantitative estimate of drug-likeness (QED) is 0.660. The second kappa shape index (κ2) is 7.17. The van der Waals surface area contributed by atoms with E-state index >= 15 is 0 Å². The van der Waals surface area contributed by atoms with E-state index in [-0.39, 0.29) is 0 Å². The highest BCUT2D eigenvalue weighted by Crippen LogP contribution is 2.42. The van der Waals surface area contributed by atoms with Crippen LogP contribution < -0.4 is 0 Å². The molecule has 2 fully saturated rings. The molecule has 0 aromatic carbocycles. The minimum absolute atomic E-state index is 0.376. The average molecular weight is 247 g/mol. The van der Waals surface area contributed by atoms with Gasteiger partial charge in [0.2, 0.25) is 0 Å². The van der Waals surface area contributed by atoms with Crippen LogP contribution in [0.1, 0.15) is 77.6 Å². The van der Waals surface area contributed by atoms with Crippen LogP contribution in [0.2, 0.25) is 0 Å². The highest BCUT2D eigenvalue weighted by atomic mass is 14.4. The van der Waals surface area contributed by atoms with E-state index in [1.54, 1.807) is 0 Å². The van der Waals surface area contributed by atoms with Gasteiger partial charge in [-0.2, -0.15) is 5.26 Å². The van der Waals surface area contributed by atoms with Crippen LogP contribution in [0.3, 0.4) is 0 Å². The number of rotatable bonds is 4. The molecule has 1 nitrogen and oxygen atoms in total. The summed E-state index contributed by atoms with van der Waals surface area (Å²) in [4.78, 5) is 0. The number of nitrogens with zero attached hydrogens (tertiary/aromatic N) is 1. The molecule has 0 aromatic rings. The first-order valence-electron chi connectivity index (χ1n) is 8.23. The van der Waals surface area contributed by atoms with E-state index in [1.165, 1.54) is 70.6 Å². The molecule has 0 saturated heterocycles. The summed E-state index contributed by atoms with van der Waals surface area (Å²) < 4.78 is 0. The van der Waals surface area contributed by atoms with Crippen molar-refractivity contribution in [3.05, 3.63) is 0 Å². The standard InChI is InChI=1S/C17H29N/c1-2-3-5-14-8-10-16(11-9-14)17-7-4-6-15(12-17)13-18/h14-17H,2-12H2,1H3/t14-,15?,16-,17?. The first-order valence-corrected chi connectivity index (χ1v) is 8.23. The first-order chi connectivity index (χ1) is 8.83. The molecule has 2 atom stereocenters. The molecule has 2 aliphatic carbocycles. The van der Waals surface area contributed by atoms with E-state index in [0.29, 0.717) is 5.92 Å². The van der Waals surface area contributed by atoms with Gasteiger partial charge in [0.25, 0.3) is 0 Å². The number of unbranched alkanes of at least 4 members (excludes halogenated alkanes) is 1.